The number of aliphatic imine (C=N–C) groups is 1. The van der Waals surface area contributed by atoms with Crippen molar-refractivity contribution in [1.29, 1.82) is 0 Å². The lowest BCUT2D eigenvalue weighted by Crippen LogP contribution is -2.00. The molecule has 0 radical (unpaired) electrons. The molecule has 0 aromatic carbocycles. The van der Waals surface area contributed by atoms with E-state index in [9.17, 15) is 9.18 Å². The molecule has 0 amide bonds. The Morgan fingerprint density at radius 2 is 2.33 bits per heavy atom. The average Bonchev–Trinajstić information content (AvgIpc) is 2.40. The maximum absolute atomic E-state index is 13.2. The van der Waals surface area contributed by atoms with Gasteiger partial charge in [0.05, 0.1) is 17.9 Å². The van der Waals surface area contributed by atoms with Crippen LogP contribution in [0.15, 0.2) is 35.7 Å². The van der Waals surface area contributed by atoms with Gasteiger partial charge in [0, 0.05) is 0 Å². The largest absolute Gasteiger partial charge is 0.477 e. The zero-order valence-electron chi connectivity index (χ0n) is 10.0. The molecule has 18 heavy (non-hydrogen) atoms. The summed E-state index contributed by atoms with van der Waals surface area (Å²) in [6.07, 6.45) is 1.82. The second-order valence-corrected chi connectivity index (χ2v) is 3.20. The van der Waals surface area contributed by atoms with Crippen LogP contribution in [0.2, 0.25) is 0 Å². The van der Waals surface area contributed by atoms with Crippen LogP contribution in [0.4, 0.5) is 4.39 Å². The fraction of sp³-hybridized carbons (Fsp3) is 0.154. The number of carbonyl (C=O) groups excluding carboxylic acids is 1. The molecule has 0 aliphatic rings. The number of hydrogen-bond donors (Lipinski definition) is 0. The lowest BCUT2D eigenvalue weighted by molar-refractivity contribution is 0.111. The molecule has 0 atom stereocenters. The summed E-state index contributed by atoms with van der Waals surface area (Å²) in [6.45, 7) is 9.19. The summed E-state index contributed by atoms with van der Waals surface area (Å²) in [5.74, 6) is -0.440. The molecule has 0 bridgehead atoms. The van der Waals surface area contributed by atoms with Crippen LogP contribution in [0.1, 0.15) is 23.1 Å². The summed E-state index contributed by atoms with van der Waals surface area (Å²) in [7, 11) is 0. The molecular formula is C13H13FN2O2. The van der Waals surface area contributed by atoms with Gasteiger partial charge in [-0.25, -0.2) is 14.4 Å². The van der Waals surface area contributed by atoms with E-state index in [-0.39, 0.29) is 11.6 Å². The van der Waals surface area contributed by atoms with E-state index in [0.29, 0.717) is 24.2 Å². The smallest absolute Gasteiger partial charge is 0.222 e. The van der Waals surface area contributed by atoms with E-state index >= 15 is 0 Å². The van der Waals surface area contributed by atoms with Crippen LogP contribution >= 0.6 is 0 Å². The molecule has 0 aliphatic heterocycles. The van der Waals surface area contributed by atoms with E-state index in [2.05, 4.69) is 23.3 Å². The van der Waals surface area contributed by atoms with Crippen LogP contribution in [0, 0.1) is 5.82 Å². The predicted octanol–water partition coefficient (Wildman–Crippen LogP) is 2.62. The summed E-state index contributed by atoms with van der Waals surface area (Å²) in [4.78, 5) is 18.2. The Kier molecular flexibility index (Phi) is 4.92. The first-order valence-corrected chi connectivity index (χ1v) is 5.26. The average molecular weight is 248 g/mol. The minimum atomic E-state index is -0.679. The van der Waals surface area contributed by atoms with Gasteiger partial charge >= 0.3 is 0 Å². The van der Waals surface area contributed by atoms with Gasteiger partial charge in [-0.1, -0.05) is 12.7 Å². The Morgan fingerprint density at radius 3 is 2.83 bits per heavy atom. The van der Waals surface area contributed by atoms with Crippen molar-refractivity contribution in [2.45, 2.75) is 6.92 Å². The fourth-order valence-electron chi connectivity index (χ4n) is 1.34. The molecule has 94 valence electrons. The van der Waals surface area contributed by atoms with Crippen LogP contribution < -0.4 is 0 Å². The van der Waals surface area contributed by atoms with Gasteiger partial charge < -0.3 is 4.74 Å². The first-order chi connectivity index (χ1) is 8.67. The van der Waals surface area contributed by atoms with Crippen molar-refractivity contribution in [3.63, 3.8) is 0 Å². The lowest BCUT2D eigenvalue weighted by Gasteiger charge is -2.08. The number of nitrogens with zero attached hydrogens (tertiary/aromatic N) is 2. The number of allylic oxidation sites excluding steroid dienone is 2. The van der Waals surface area contributed by atoms with Gasteiger partial charge in [0.15, 0.2) is 12.1 Å². The van der Waals surface area contributed by atoms with Crippen LogP contribution in [0.5, 0.6) is 0 Å². The summed E-state index contributed by atoms with van der Waals surface area (Å²) in [5, 5.41) is 0. The highest BCUT2D eigenvalue weighted by Crippen LogP contribution is 2.20. The van der Waals surface area contributed by atoms with Gasteiger partial charge in [0.2, 0.25) is 5.88 Å². The zero-order valence-corrected chi connectivity index (χ0v) is 10.0. The quantitative estimate of drug-likeness (QED) is 0.336. The highest BCUT2D eigenvalue weighted by atomic mass is 19.1. The van der Waals surface area contributed by atoms with Crippen LogP contribution in [0.25, 0.3) is 5.57 Å². The minimum Gasteiger partial charge on any atom is -0.477 e. The van der Waals surface area contributed by atoms with Crippen LogP contribution in [-0.2, 0) is 4.74 Å². The number of rotatable bonds is 6. The lowest BCUT2D eigenvalue weighted by atomic mass is 10.1. The molecule has 1 heterocycles. The first kappa shape index (κ1) is 13.8. The summed E-state index contributed by atoms with van der Waals surface area (Å²) < 4.78 is 18.4. The van der Waals surface area contributed by atoms with E-state index in [1.165, 1.54) is 12.1 Å². The maximum atomic E-state index is 13.2. The Bertz CT molecular complexity index is 510. The fourth-order valence-corrected chi connectivity index (χ4v) is 1.34. The Morgan fingerprint density at radius 1 is 1.61 bits per heavy atom. The predicted molar refractivity (Wildman–Crippen MR) is 67.9 cm³/mol. The van der Waals surface area contributed by atoms with Crippen LogP contribution in [-0.4, -0.2) is 24.6 Å². The van der Waals surface area contributed by atoms with E-state index in [1.807, 2.05) is 0 Å². The molecule has 0 aliphatic carbocycles. The molecule has 0 spiro atoms. The third-order valence-electron chi connectivity index (χ3n) is 2.12. The molecule has 5 heteroatoms. The number of pyridine rings is 1. The third-order valence-corrected chi connectivity index (χ3v) is 2.12. The Balaban J connectivity index is 3.36. The standard InChI is InChI=1S/C13H13FN2O2/c1-4-9(13(15-3)18-5-2)11-7-6-10(14)12(8-17)16-11/h4,6-8H,1,3,5H2,2H3/b13-9-. The van der Waals surface area contributed by atoms with Crippen molar-refractivity contribution in [3.8, 4) is 0 Å². The van der Waals surface area contributed by atoms with Gasteiger partial charge in [-0.05, 0) is 25.8 Å². The van der Waals surface area contributed by atoms with Gasteiger partial charge in [-0.3, -0.25) is 4.79 Å². The van der Waals surface area contributed by atoms with Crippen molar-refractivity contribution in [3.05, 3.63) is 47.9 Å². The number of ether oxygens (including phenoxy) is 1. The maximum Gasteiger partial charge on any atom is 0.222 e. The van der Waals surface area contributed by atoms with Gasteiger partial charge in [0.1, 0.15) is 5.69 Å². The minimum absolute atomic E-state index is 0.239. The number of carbonyl (C=O) groups is 1. The number of aromatic nitrogens is 1. The molecule has 1 aromatic rings. The van der Waals surface area contributed by atoms with E-state index in [1.54, 1.807) is 6.92 Å². The molecule has 1 rings (SSSR count). The molecule has 4 nitrogen and oxygen atoms in total. The number of hydrogen-bond acceptors (Lipinski definition) is 4. The SMILES string of the molecule is C=C/C(=C(\N=C)OCC)c1ccc(F)c(C=O)n1. The summed E-state index contributed by atoms with van der Waals surface area (Å²) >= 11 is 0. The second-order valence-electron chi connectivity index (χ2n) is 3.20. The zero-order chi connectivity index (χ0) is 13.5. The molecule has 0 fully saturated rings. The van der Waals surface area contributed by atoms with E-state index in [0.717, 1.165) is 6.07 Å². The molecule has 0 saturated carbocycles. The van der Waals surface area contributed by atoms with Crippen molar-refractivity contribution in [2.75, 3.05) is 6.61 Å². The number of aldehydes is 1. The Labute approximate surface area is 105 Å². The summed E-state index contributed by atoms with van der Waals surface area (Å²) in [6, 6.07) is 2.58. The van der Waals surface area contributed by atoms with Crippen molar-refractivity contribution in [1.82, 2.24) is 4.98 Å². The molecule has 0 unspecified atom stereocenters. The molecule has 0 saturated heterocycles. The summed E-state index contributed by atoms with van der Waals surface area (Å²) in [5.41, 5.74) is 0.533. The Hall–Kier alpha value is -2.30. The monoisotopic (exact) mass is 248 g/mol. The second kappa shape index (κ2) is 6.44. The number of halogens is 1. The highest BCUT2D eigenvalue weighted by molar-refractivity contribution is 5.77. The normalized spacial score (nSPS) is 11.4. The molecular weight excluding hydrogens is 235 g/mol. The molecule has 0 N–H and O–H groups in total. The van der Waals surface area contributed by atoms with E-state index in [4.69, 9.17) is 4.74 Å². The van der Waals surface area contributed by atoms with Crippen molar-refractivity contribution < 1.29 is 13.9 Å². The third kappa shape index (κ3) is 2.88. The van der Waals surface area contributed by atoms with Crippen LogP contribution in [0.3, 0.4) is 0 Å². The van der Waals surface area contributed by atoms with Crippen molar-refractivity contribution >= 4 is 18.6 Å². The van der Waals surface area contributed by atoms with Crippen molar-refractivity contribution in [2.24, 2.45) is 4.99 Å². The topological polar surface area (TPSA) is 51.5 Å². The van der Waals surface area contributed by atoms with Gasteiger partial charge in [-0.2, -0.15) is 0 Å². The van der Waals surface area contributed by atoms with E-state index < -0.39 is 5.82 Å². The van der Waals surface area contributed by atoms with Gasteiger partial charge in [-0.15, -0.1) is 0 Å². The first-order valence-electron chi connectivity index (χ1n) is 5.26. The molecule has 1 aromatic heterocycles. The van der Waals surface area contributed by atoms with Gasteiger partial charge in [0.25, 0.3) is 0 Å². The highest BCUT2D eigenvalue weighted by Gasteiger charge is 2.11.